The predicted octanol–water partition coefficient (Wildman–Crippen LogP) is 2.33. The maximum atomic E-state index is 9.23. The zero-order valence-corrected chi connectivity index (χ0v) is 14.9. The molecular weight excluding hydrogens is 336 g/mol. The van der Waals surface area contributed by atoms with Gasteiger partial charge in [-0.15, -0.1) is 0 Å². The average molecular weight is 354 g/mol. The fourth-order valence-corrected chi connectivity index (χ4v) is 2.46. The van der Waals surface area contributed by atoms with Crippen LogP contribution in [0.25, 0.3) is 11.0 Å². The van der Waals surface area contributed by atoms with Crippen molar-refractivity contribution in [1.82, 2.24) is 15.3 Å². The number of allylic oxidation sites excluding steroid dienone is 1. The van der Waals surface area contributed by atoms with Crippen LogP contribution in [-0.4, -0.2) is 34.3 Å². The molecule has 0 fully saturated rings. The molecule has 2 heterocycles. The van der Waals surface area contributed by atoms with E-state index >= 15 is 0 Å². The van der Waals surface area contributed by atoms with E-state index in [9.17, 15) is 5.26 Å². The number of pyridine rings is 2. The van der Waals surface area contributed by atoms with Crippen LogP contribution in [-0.2, 0) is 0 Å². The van der Waals surface area contributed by atoms with Crippen LogP contribution in [0.1, 0.15) is 6.92 Å². The zero-order chi connectivity index (χ0) is 18.4. The van der Waals surface area contributed by atoms with Crippen molar-refractivity contribution in [3.63, 3.8) is 0 Å². The molecule has 9 heteroatoms. The Hall–Kier alpha value is -3.12. The van der Waals surface area contributed by atoms with Gasteiger partial charge in [0.2, 0.25) is 0 Å². The van der Waals surface area contributed by atoms with E-state index in [1.54, 1.807) is 50.4 Å². The van der Waals surface area contributed by atoms with E-state index in [2.05, 4.69) is 26.3 Å². The summed E-state index contributed by atoms with van der Waals surface area (Å²) < 4.78 is 0. The number of rotatable bonds is 4. The van der Waals surface area contributed by atoms with Gasteiger partial charge < -0.3 is 16.0 Å². The Labute approximate surface area is 150 Å². The highest BCUT2D eigenvalue weighted by molar-refractivity contribution is 8.26. The molecule has 0 saturated heterocycles. The van der Waals surface area contributed by atoms with Crippen molar-refractivity contribution >= 4 is 44.5 Å². The number of nitrogens with two attached hydrogens (primary N) is 1. The first kappa shape index (κ1) is 18.2. The monoisotopic (exact) mass is 354 g/mol. The van der Waals surface area contributed by atoms with Crippen molar-refractivity contribution < 1.29 is 0 Å². The number of hydrogen-bond donors (Lipinski definition) is 3. The Morgan fingerprint density at radius 1 is 1.48 bits per heavy atom. The lowest BCUT2D eigenvalue weighted by Gasteiger charge is -2.17. The number of thioether (sulfide) groups is 1. The van der Waals surface area contributed by atoms with E-state index < -0.39 is 0 Å². The molecule has 0 saturated carbocycles. The summed E-state index contributed by atoms with van der Waals surface area (Å²) in [5.74, 6) is 0.437. The summed E-state index contributed by atoms with van der Waals surface area (Å²) >= 11 is 1.07. The van der Waals surface area contributed by atoms with Crippen LogP contribution in [0.15, 0.2) is 41.3 Å². The number of hydrogen-bond acceptors (Lipinski definition) is 8. The first-order valence-corrected chi connectivity index (χ1v) is 8.11. The van der Waals surface area contributed by atoms with Gasteiger partial charge in [-0.1, -0.05) is 0 Å². The SMILES string of the molecule is CN/C=C(\C#N)N(C)c1cnc2ccc(N=C(N)SC(C)=N)nc2c1. The minimum absolute atomic E-state index is 0.254. The number of fused-ring (bicyclic) bond motifs is 1. The molecule has 2 aromatic rings. The second-order valence-electron chi connectivity index (χ2n) is 5.00. The normalized spacial score (nSPS) is 11.9. The van der Waals surface area contributed by atoms with Gasteiger partial charge in [-0.05, 0) is 36.9 Å². The Morgan fingerprint density at radius 2 is 2.24 bits per heavy atom. The van der Waals surface area contributed by atoms with Crippen LogP contribution < -0.4 is 16.0 Å². The molecule has 0 amide bonds. The van der Waals surface area contributed by atoms with Gasteiger partial charge in [0.25, 0.3) is 0 Å². The molecule has 25 heavy (non-hydrogen) atoms. The number of anilines is 1. The van der Waals surface area contributed by atoms with Crippen LogP contribution in [0, 0.1) is 16.7 Å². The van der Waals surface area contributed by atoms with Crippen LogP contribution in [0.4, 0.5) is 11.5 Å². The molecule has 0 aromatic carbocycles. The molecule has 0 unspecified atom stereocenters. The van der Waals surface area contributed by atoms with Gasteiger partial charge in [0.05, 0.1) is 28.0 Å². The first-order chi connectivity index (χ1) is 11.9. The van der Waals surface area contributed by atoms with Crippen LogP contribution in [0.3, 0.4) is 0 Å². The van der Waals surface area contributed by atoms with Gasteiger partial charge >= 0.3 is 0 Å². The standard InChI is InChI=1S/C16H18N8S/c1-10(18)25-16(19)23-15-5-4-13-14(22-15)6-11(9-21-13)24(3)12(7-17)8-20-2/h4-6,8-9,18,20H,1-3H3,(H2,19,22,23)/b12-8+,18-10?. The minimum Gasteiger partial charge on any atom is -0.392 e. The highest BCUT2D eigenvalue weighted by Crippen LogP contribution is 2.22. The molecule has 8 nitrogen and oxygen atoms in total. The van der Waals surface area contributed by atoms with E-state index in [-0.39, 0.29) is 5.17 Å². The lowest BCUT2D eigenvalue weighted by Crippen LogP contribution is -2.17. The fraction of sp³-hybridized carbons (Fsp3) is 0.188. The molecule has 0 aliphatic rings. The summed E-state index contributed by atoms with van der Waals surface area (Å²) in [5.41, 5.74) is 8.29. The number of aromatic nitrogens is 2. The number of nitrogens with zero attached hydrogens (tertiary/aromatic N) is 5. The maximum Gasteiger partial charge on any atom is 0.166 e. The third-order valence-corrected chi connectivity index (χ3v) is 3.74. The second kappa shape index (κ2) is 8.12. The number of amidine groups is 1. The zero-order valence-electron chi connectivity index (χ0n) is 14.1. The average Bonchev–Trinajstić information content (AvgIpc) is 2.57. The van der Waals surface area contributed by atoms with Crippen molar-refractivity contribution in [1.29, 1.82) is 10.7 Å². The van der Waals surface area contributed by atoms with E-state index in [1.165, 1.54) is 0 Å². The van der Waals surface area contributed by atoms with Gasteiger partial charge in [-0.25, -0.2) is 9.98 Å². The summed E-state index contributed by atoms with van der Waals surface area (Å²) in [4.78, 5) is 14.7. The number of nitrogens with one attached hydrogen (secondary N) is 2. The molecule has 0 aliphatic carbocycles. The van der Waals surface area contributed by atoms with E-state index in [0.29, 0.717) is 27.6 Å². The fourth-order valence-electron chi connectivity index (χ4n) is 2.00. The van der Waals surface area contributed by atoms with E-state index in [1.807, 2.05) is 6.07 Å². The van der Waals surface area contributed by atoms with E-state index in [4.69, 9.17) is 11.1 Å². The third-order valence-electron chi connectivity index (χ3n) is 3.13. The highest BCUT2D eigenvalue weighted by atomic mass is 32.2. The quantitative estimate of drug-likeness (QED) is 0.437. The number of nitriles is 1. The number of aliphatic imine (C=N–C) groups is 1. The lowest BCUT2D eigenvalue weighted by atomic mass is 10.2. The molecule has 0 bridgehead atoms. The van der Waals surface area contributed by atoms with Crippen LogP contribution in [0.5, 0.6) is 0 Å². The molecular formula is C16H18N8S. The molecule has 0 atom stereocenters. The smallest absolute Gasteiger partial charge is 0.166 e. The lowest BCUT2D eigenvalue weighted by molar-refractivity contribution is 1.04. The van der Waals surface area contributed by atoms with Gasteiger partial charge in [-0.3, -0.25) is 10.4 Å². The Bertz CT molecular complexity index is 897. The van der Waals surface area contributed by atoms with Gasteiger partial charge in [-0.2, -0.15) is 5.26 Å². The van der Waals surface area contributed by atoms with Crippen molar-refractivity contribution in [2.45, 2.75) is 6.92 Å². The second-order valence-corrected chi connectivity index (χ2v) is 6.23. The van der Waals surface area contributed by atoms with Gasteiger partial charge in [0, 0.05) is 20.3 Å². The Kier molecular flexibility index (Phi) is 5.92. The van der Waals surface area contributed by atoms with Crippen LogP contribution in [0.2, 0.25) is 0 Å². The van der Waals surface area contributed by atoms with Crippen molar-refractivity contribution in [2.24, 2.45) is 10.7 Å². The van der Waals surface area contributed by atoms with Crippen molar-refractivity contribution in [2.75, 3.05) is 19.0 Å². The van der Waals surface area contributed by atoms with Gasteiger partial charge in [0.1, 0.15) is 11.8 Å². The molecule has 4 N–H and O–H groups in total. The summed E-state index contributed by atoms with van der Waals surface area (Å²) in [6, 6.07) is 7.46. The molecule has 128 valence electrons. The topological polar surface area (TPSA) is 127 Å². The first-order valence-electron chi connectivity index (χ1n) is 7.30. The largest absolute Gasteiger partial charge is 0.392 e. The minimum atomic E-state index is 0.254. The highest BCUT2D eigenvalue weighted by Gasteiger charge is 2.09. The molecule has 0 spiro atoms. The predicted molar refractivity (Wildman–Crippen MR) is 103 cm³/mol. The van der Waals surface area contributed by atoms with E-state index in [0.717, 1.165) is 17.4 Å². The molecule has 2 aromatic heterocycles. The van der Waals surface area contributed by atoms with Crippen LogP contribution >= 0.6 is 11.8 Å². The third kappa shape index (κ3) is 4.68. The summed E-state index contributed by atoms with van der Waals surface area (Å²) in [7, 11) is 3.51. The Balaban J connectivity index is 2.40. The molecule has 0 aliphatic heterocycles. The van der Waals surface area contributed by atoms with Gasteiger partial charge in [0.15, 0.2) is 11.0 Å². The summed E-state index contributed by atoms with van der Waals surface area (Å²) in [5, 5.41) is 20.1. The molecule has 2 rings (SSSR count). The summed E-state index contributed by atoms with van der Waals surface area (Å²) in [6.07, 6.45) is 3.28. The summed E-state index contributed by atoms with van der Waals surface area (Å²) in [6.45, 7) is 1.64. The molecule has 0 radical (unpaired) electrons. The maximum absolute atomic E-state index is 9.23. The van der Waals surface area contributed by atoms with Crippen molar-refractivity contribution in [3.05, 3.63) is 36.3 Å². The van der Waals surface area contributed by atoms with Crippen molar-refractivity contribution in [3.8, 4) is 6.07 Å². The Morgan fingerprint density at radius 3 is 2.88 bits per heavy atom.